The number of hydrogen-bond acceptors (Lipinski definition) is 3. The Morgan fingerprint density at radius 1 is 1.16 bits per heavy atom. The molecule has 0 aliphatic heterocycles. The molecular weight excluding hydrogens is 238 g/mol. The molecule has 0 saturated heterocycles. The van der Waals surface area contributed by atoms with E-state index in [1.165, 1.54) is 5.56 Å². The minimum atomic E-state index is 0.412. The second-order valence-electron chi connectivity index (χ2n) is 4.83. The zero-order chi connectivity index (χ0) is 13.7. The summed E-state index contributed by atoms with van der Waals surface area (Å²) in [5, 5.41) is 7.89. The lowest BCUT2D eigenvalue weighted by Crippen LogP contribution is -2.13. The number of ether oxygens (including phenoxy) is 1. The molecule has 0 fully saturated rings. The number of nitrogens with zero attached hydrogens (tertiary/aromatic N) is 2. The molecule has 1 aromatic heterocycles. The van der Waals surface area contributed by atoms with Gasteiger partial charge in [-0.05, 0) is 37.6 Å². The van der Waals surface area contributed by atoms with Gasteiger partial charge in [0.25, 0.3) is 0 Å². The molecule has 1 heterocycles. The molecular formula is C15H21N3O. The van der Waals surface area contributed by atoms with Gasteiger partial charge in [-0.2, -0.15) is 5.10 Å². The van der Waals surface area contributed by atoms with Gasteiger partial charge in [0, 0.05) is 25.3 Å². The standard InChI is InChI=1S/C15H21N3O/c1-12(2)18-9-8-14(17-18)11-16-10-13-4-6-15(19-3)7-5-13/h4-9,12,16H,10-11H2,1-3H3. The summed E-state index contributed by atoms with van der Waals surface area (Å²) >= 11 is 0. The first kappa shape index (κ1) is 13.6. The lowest BCUT2D eigenvalue weighted by molar-refractivity contribution is 0.414. The minimum Gasteiger partial charge on any atom is -0.497 e. The summed E-state index contributed by atoms with van der Waals surface area (Å²) in [5.41, 5.74) is 2.31. The number of rotatable bonds is 6. The number of hydrogen-bond donors (Lipinski definition) is 1. The van der Waals surface area contributed by atoms with Crippen LogP contribution in [0.4, 0.5) is 0 Å². The molecule has 2 rings (SSSR count). The van der Waals surface area contributed by atoms with Gasteiger partial charge in [0.05, 0.1) is 12.8 Å². The van der Waals surface area contributed by atoms with E-state index >= 15 is 0 Å². The molecule has 0 bridgehead atoms. The van der Waals surface area contributed by atoms with Crippen molar-refractivity contribution in [1.82, 2.24) is 15.1 Å². The Balaban J connectivity index is 1.81. The topological polar surface area (TPSA) is 39.1 Å². The monoisotopic (exact) mass is 259 g/mol. The smallest absolute Gasteiger partial charge is 0.118 e. The summed E-state index contributed by atoms with van der Waals surface area (Å²) in [6, 6.07) is 10.6. The van der Waals surface area contributed by atoms with Crippen molar-refractivity contribution in [3.8, 4) is 5.75 Å². The van der Waals surface area contributed by atoms with Crippen molar-refractivity contribution in [2.24, 2.45) is 0 Å². The van der Waals surface area contributed by atoms with Gasteiger partial charge in [0.1, 0.15) is 5.75 Å². The predicted octanol–water partition coefficient (Wildman–Crippen LogP) is 2.76. The van der Waals surface area contributed by atoms with Crippen LogP contribution in [-0.4, -0.2) is 16.9 Å². The molecule has 0 aliphatic rings. The van der Waals surface area contributed by atoms with Crippen molar-refractivity contribution in [3.63, 3.8) is 0 Å². The Bertz CT molecular complexity index is 502. The van der Waals surface area contributed by atoms with Gasteiger partial charge in [-0.25, -0.2) is 0 Å². The van der Waals surface area contributed by atoms with Crippen LogP contribution in [-0.2, 0) is 13.1 Å². The number of nitrogens with one attached hydrogen (secondary N) is 1. The third-order valence-electron chi connectivity index (χ3n) is 2.99. The summed E-state index contributed by atoms with van der Waals surface area (Å²) in [5.74, 6) is 0.888. The number of aromatic nitrogens is 2. The van der Waals surface area contributed by atoms with Crippen molar-refractivity contribution in [1.29, 1.82) is 0 Å². The molecule has 0 aliphatic carbocycles. The van der Waals surface area contributed by atoms with Gasteiger partial charge in [-0.15, -0.1) is 0 Å². The van der Waals surface area contributed by atoms with E-state index in [-0.39, 0.29) is 0 Å². The fourth-order valence-corrected chi connectivity index (χ4v) is 1.84. The van der Waals surface area contributed by atoms with Crippen LogP contribution in [0, 0.1) is 0 Å². The van der Waals surface area contributed by atoms with Crippen molar-refractivity contribution >= 4 is 0 Å². The van der Waals surface area contributed by atoms with Gasteiger partial charge in [-0.1, -0.05) is 12.1 Å². The van der Waals surface area contributed by atoms with Crippen molar-refractivity contribution in [3.05, 3.63) is 47.8 Å². The van der Waals surface area contributed by atoms with Crippen molar-refractivity contribution in [2.45, 2.75) is 33.0 Å². The van der Waals surface area contributed by atoms with E-state index in [1.807, 2.05) is 23.0 Å². The normalized spacial score (nSPS) is 10.9. The van der Waals surface area contributed by atoms with Gasteiger partial charge in [-0.3, -0.25) is 4.68 Å². The minimum absolute atomic E-state index is 0.412. The van der Waals surface area contributed by atoms with Gasteiger partial charge >= 0.3 is 0 Å². The Morgan fingerprint density at radius 3 is 2.47 bits per heavy atom. The number of methoxy groups -OCH3 is 1. The lowest BCUT2D eigenvalue weighted by Gasteiger charge is -2.06. The molecule has 1 aromatic carbocycles. The van der Waals surface area contributed by atoms with Crippen LogP contribution < -0.4 is 10.1 Å². The maximum atomic E-state index is 5.13. The Kier molecular flexibility index (Phi) is 4.58. The molecule has 102 valence electrons. The Morgan fingerprint density at radius 2 is 1.89 bits per heavy atom. The maximum Gasteiger partial charge on any atom is 0.118 e. The third-order valence-corrected chi connectivity index (χ3v) is 2.99. The highest BCUT2D eigenvalue weighted by Gasteiger charge is 2.01. The molecule has 19 heavy (non-hydrogen) atoms. The molecule has 0 atom stereocenters. The highest BCUT2D eigenvalue weighted by Crippen LogP contribution is 2.11. The third kappa shape index (κ3) is 3.83. The Labute approximate surface area is 114 Å². The second-order valence-corrected chi connectivity index (χ2v) is 4.83. The second kappa shape index (κ2) is 6.38. The first-order valence-corrected chi connectivity index (χ1v) is 6.56. The largest absolute Gasteiger partial charge is 0.497 e. The van der Waals surface area contributed by atoms with Crippen molar-refractivity contribution in [2.75, 3.05) is 7.11 Å². The SMILES string of the molecule is COc1ccc(CNCc2ccn(C(C)C)n2)cc1. The van der Waals surface area contributed by atoms with Crippen LogP contribution in [0.2, 0.25) is 0 Å². The fraction of sp³-hybridized carbons (Fsp3) is 0.400. The summed E-state index contributed by atoms with van der Waals surface area (Å²) in [6.07, 6.45) is 2.02. The number of benzene rings is 1. The molecule has 4 nitrogen and oxygen atoms in total. The van der Waals surface area contributed by atoms with Crippen LogP contribution in [0.15, 0.2) is 36.5 Å². The summed E-state index contributed by atoms with van der Waals surface area (Å²) in [7, 11) is 1.68. The van der Waals surface area contributed by atoms with E-state index < -0.39 is 0 Å². The average Bonchev–Trinajstić information content (AvgIpc) is 2.89. The van der Waals surface area contributed by atoms with Crippen molar-refractivity contribution < 1.29 is 4.74 Å². The summed E-state index contributed by atoms with van der Waals surface area (Å²) in [6.45, 7) is 5.87. The van der Waals surface area contributed by atoms with E-state index in [0.29, 0.717) is 6.04 Å². The predicted molar refractivity (Wildman–Crippen MR) is 76.1 cm³/mol. The first-order chi connectivity index (χ1) is 9.19. The lowest BCUT2D eigenvalue weighted by atomic mass is 10.2. The highest BCUT2D eigenvalue weighted by molar-refractivity contribution is 5.27. The molecule has 0 saturated carbocycles. The van der Waals surface area contributed by atoms with E-state index in [0.717, 1.165) is 24.5 Å². The highest BCUT2D eigenvalue weighted by atomic mass is 16.5. The molecule has 1 N–H and O–H groups in total. The van der Waals surface area contributed by atoms with Crippen LogP contribution in [0.1, 0.15) is 31.1 Å². The zero-order valence-corrected chi connectivity index (χ0v) is 11.8. The Hall–Kier alpha value is -1.81. The molecule has 2 aromatic rings. The van der Waals surface area contributed by atoms with E-state index in [1.54, 1.807) is 7.11 Å². The fourth-order valence-electron chi connectivity index (χ4n) is 1.84. The molecule has 0 unspecified atom stereocenters. The van der Waals surface area contributed by atoms with E-state index in [2.05, 4.69) is 42.5 Å². The van der Waals surface area contributed by atoms with Crippen LogP contribution in [0.5, 0.6) is 5.75 Å². The van der Waals surface area contributed by atoms with Gasteiger partial charge in [0.15, 0.2) is 0 Å². The van der Waals surface area contributed by atoms with Crippen LogP contribution in [0.25, 0.3) is 0 Å². The molecule has 4 heteroatoms. The van der Waals surface area contributed by atoms with Crippen LogP contribution >= 0.6 is 0 Å². The molecule has 0 spiro atoms. The first-order valence-electron chi connectivity index (χ1n) is 6.56. The van der Waals surface area contributed by atoms with Crippen LogP contribution in [0.3, 0.4) is 0 Å². The summed E-state index contributed by atoms with van der Waals surface area (Å²) in [4.78, 5) is 0. The van der Waals surface area contributed by atoms with E-state index in [4.69, 9.17) is 4.74 Å². The van der Waals surface area contributed by atoms with E-state index in [9.17, 15) is 0 Å². The van der Waals surface area contributed by atoms with Gasteiger partial charge < -0.3 is 10.1 Å². The quantitative estimate of drug-likeness (QED) is 0.867. The van der Waals surface area contributed by atoms with Gasteiger partial charge in [0.2, 0.25) is 0 Å². The maximum absolute atomic E-state index is 5.13. The summed E-state index contributed by atoms with van der Waals surface area (Å²) < 4.78 is 7.11. The molecule has 0 amide bonds. The molecule has 0 radical (unpaired) electrons. The average molecular weight is 259 g/mol. The zero-order valence-electron chi connectivity index (χ0n) is 11.8.